The maximum absolute atomic E-state index is 5.38. The van der Waals surface area contributed by atoms with Crippen LogP contribution < -0.4 is 5.32 Å². The minimum atomic E-state index is 0.716. The molecule has 52 valence electrons. The predicted octanol–water partition coefficient (Wildman–Crippen LogP) is 0.776. The van der Waals surface area contributed by atoms with Crippen LogP contribution in [-0.2, 0) is 4.74 Å². The van der Waals surface area contributed by atoms with E-state index in [1.165, 1.54) is 12.0 Å². The molecular weight excluding hydrogens is 126 g/mol. The van der Waals surface area contributed by atoms with Crippen molar-refractivity contribution in [2.45, 2.75) is 12.5 Å². The van der Waals surface area contributed by atoms with E-state index in [1.807, 2.05) is 0 Å². The van der Waals surface area contributed by atoms with Crippen molar-refractivity contribution in [2.24, 2.45) is 5.92 Å². The maximum atomic E-state index is 5.38. The number of nitrogens with one attached hydrogen (secondary N) is 1. The van der Waals surface area contributed by atoms with Crippen molar-refractivity contribution in [3.8, 4) is 0 Å². The van der Waals surface area contributed by atoms with Gasteiger partial charge >= 0.3 is 0 Å². The van der Waals surface area contributed by atoms with E-state index in [0.717, 1.165) is 18.4 Å². The fraction of sp³-hybridized carbons (Fsp3) is 0.500. The topological polar surface area (TPSA) is 21.3 Å². The van der Waals surface area contributed by atoms with Gasteiger partial charge in [0.25, 0.3) is 0 Å². The average molecular weight is 135 g/mol. The average Bonchev–Trinajstić information content (AvgIpc) is 2.64. The molecule has 0 aromatic carbocycles. The Bertz CT molecular complexity index is 242. The number of fused-ring (bicyclic) bond motifs is 2. The molecule has 0 spiro atoms. The first-order valence-corrected chi connectivity index (χ1v) is 3.75. The van der Waals surface area contributed by atoms with E-state index >= 15 is 0 Å². The van der Waals surface area contributed by atoms with Crippen molar-refractivity contribution < 1.29 is 4.74 Å². The molecule has 2 nitrogen and oxygen atoms in total. The van der Waals surface area contributed by atoms with Crippen LogP contribution in [0.2, 0.25) is 0 Å². The lowest BCUT2D eigenvalue weighted by Gasteiger charge is -2.12. The van der Waals surface area contributed by atoms with Gasteiger partial charge in [0.15, 0.2) is 5.88 Å². The highest BCUT2D eigenvalue weighted by Gasteiger charge is 2.47. The smallest absolute Gasteiger partial charge is 0.190 e. The molecule has 0 aromatic heterocycles. The van der Waals surface area contributed by atoms with Gasteiger partial charge < -0.3 is 10.1 Å². The zero-order chi connectivity index (χ0) is 6.55. The van der Waals surface area contributed by atoms with E-state index in [-0.39, 0.29) is 0 Å². The van der Waals surface area contributed by atoms with Gasteiger partial charge in [-0.25, -0.2) is 0 Å². The number of rotatable bonds is 0. The van der Waals surface area contributed by atoms with Crippen LogP contribution in [-0.4, -0.2) is 12.6 Å². The second-order valence-electron chi connectivity index (χ2n) is 3.09. The maximum Gasteiger partial charge on any atom is 0.190 e. The Morgan fingerprint density at radius 2 is 2.60 bits per heavy atom. The molecule has 1 fully saturated rings. The molecule has 1 N–H and O–H groups in total. The second-order valence-corrected chi connectivity index (χ2v) is 3.09. The summed E-state index contributed by atoms with van der Waals surface area (Å²) in [5.41, 5.74) is 1.40. The summed E-state index contributed by atoms with van der Waals surface area (Å²) in [7, 11) is 0. The van der Waals surface area contributed by atoms with E-state index in [1.54, 1.807) is 0 Å². The summed E-state index contributed by atoms with van der Waals surface area (Å²) in [6, 6.07) is 0.716. The van der Waals surface area contributed by atoms with Gasteiger partial charge in [-0.05, 0) is 12.5 Å². The summed E-state index contributed by atoms with van der Waals surface area (Å²) < 4.78 is 5.38. The van der Waals surface area contributed by atoms with E-state index in [4.69, 9.17) is 4.74 Å². The Hall–Kier alpha value is -0.920. The molecule has 0 amide bonds. The molecule has 2 atom stereocenters. The first-order chi connectivity index (χ1) is 4.95. The summed E-state index contributed by atoms with van der Waals surface area (Å²) in [5.74, 6) is 1.83. The summed E-state index contributed by atoms with van der Waals surface area (Å²) in [4.78, 5) is 0. The molecule has 0 radical (unpaired) electrons. The molecule has 0 bridgehead atoms. The summed E-state index contributed by atoms with van der Waals surface area (Å²) in [5, 5.41) is 3.34. The van der Waals surface area contributed by atoms with Crippen molar-refractivity contribution in [3.63, 3.8) is 0 Å². The molecule has 1 aliphatic carbocycles. The number of hydrogen-bond donors (Lipinski definition) is 1. The highest BCUT2D eigenvalue weighted by Crippen LogP contribution is 2.45. The molecule has 3 rings (SSSR count). The van der Waals surface area contributed by atoms with Crippen molar-refractivity contribution in [2.75, 3.05) is 6.61 Å². The molecular formula is C8H9NO. The van der Waals surface area contributed by atoms with Crippen molar-refractivity contribution in [3.05, 3.63) is 23.6 Å². The first kappa shape index (κ1) is 4.83. The quantitative estimate of drug-likeness (QED) is 0.530. The summed E-state index contributed by atoms with van der Waals surface area (Å²) in [6.45, 7) is 0.741. The fourth-order valence-corrected chi connectivity index (χ4v) is 1.75. The van der Waals surface area contributed by atoms with Gasteiger partial charge in [-0.15, -0.1) is 0 Å². The van der Waals surface area contributed by atoms with Gasteiger partial charge in [0.1, 0.15) is 6.61 Å². The lowest BCUT2D eigenvalue weighted by Crippen LogP contribution is -2.16. The third-order valence-electron chi connectivity index (χ3n) is 2.39. The van der Waals surface area contributed by atoms with Gasteiger partial charge in [0.2, 0.25) is 0 Å². The normalized spacial score (nSPS) is 40.0. The highest BCUT2D eigenvalue weighted by atomic mass is 16.5. The molecule has 2 heterocycles. The van der Waals surface area contributed by atoms with Crippen LogP contribution in [0.1, 0.15) is 6.42 Å². The Kier molecular flexibility index (Phi) is 0.670. The number of ether oxygens (including phenoxy) is 1. The zero-order valence-corrected chi connectivity index (χ0v) is 5.63. The molecule has 0 saturated heterocycles. The summed E-state index contributed by atoms with van der Waals surface area (Å²) in [6.07, 6.45) is 5.59. The standard InChI is InChI=1S/C8H9NO/c1-2-5-6-4-7(6)9-8(5)10-3-1/h1-2,6-7,9H,3-4H2/t6-,7?/m1/s1. The van der Waals surface area contributed by atoms with Crippen molar-refractivity contribution in [1.29, 1.82) is 0 Å². The molecule has 2 heteroatoms. The Labute approximate surface area is 59.6 Å². The lowest BCUT2D eigenvalue weighted by molar-refractivity contribution is 0.219. The monoisotopic (exact) mass is 135 g/mol. The molecule has 10 heavy (non-hydrogen) atoms. The number of hydrogen-bond acceptors (Lipinski definition) is 2. The highest BCUT2D eigenvalue weighted by molar-refractivity contribution is 5.38. The molecule has 3 aliphatic rings. The first-order valence-electron chi connectivity index (χ1n) is 3.75. The minimum absolute atomic E-state index is 0.716. The van der Waals surface area contributed by atoms with Gasteiger partial charge in [0.05, 0.1) is 0 Å². The van der Waals surface area contributed by atoms with Crippen LogP contribution in [0.25, 0.3) is 0 Å². The van der Waals surface area contributed by atoms with Gasteiger partial charge in [0, 0.05) is 17.5 Å². The van der Waals surface area contributed by atoms with Crippen LogP contribution in [0.4, 0.5) is 0 Å². The zero-order valence-electron chi connectivity index (χ0n) is 5.63. The van der Waals surface area contributed by atoms with Crippen molar-refractivity contribution in [1.82, 2.24) is 5.32 Å². The molecule has 0 aromatic rings. The van der Waals surface area contributed by atoms with Crippen LogP contribution in [0.15, 0.2) is 23.6 Å². The van der Waals surface area contributed by atoms with E-state index < -0.39 is 0 Å². The Morgan fingerprint density at radius 1 is 1.60 bits per heavy atom. The SMILES string of the molecule is C1=CC2=C(NC3C[C@H]23)OC1. The molecule has 1 saturated carbocycles. The largest absolute Gasteiger partial charge is 0.475 e. The molecule has 1 unspecified atom stereocenters. The van der Waals surface area contributed by atoms with Gasteiger partial charge in [-0.3, -0.25) is 0 Å². The predicted molar refractivity (Wildman–Crippen MR) is 37.1 cm³/mol. The lowest BCUT2D eigenvalue weighted by atomic mass is 10.1. The molecule has 2 aliphatic heterocycles. The van der Waals surface area contributed by atoms with Gasteiger partial charge in [-0.2, -0.15) is 0 Å². The van der Waals surface area contributed by atoms with Crippen LogP contribution in [0.5, 0.6) is 0 Å². The van der Waals surface area contributed by atoms with E-state index in [2.05, 4.69) is 17.5 Å². The number of allylic oxidation sites excluding steroid dienone is 1. The second kappa shape index (κ2) is 1.39. The van der Waals surface area contributed by atoms with Crippen molar-refractivity contribution >= 4 is 0 Å². The Balaban J connectivity index is 2.04. The third kappa shape index (κ3) is 0.451. The van der Waals surface area contributed by atoms with Crippen LogP contribution >= 0.6 is 0 Å². The van der Waals surface area contributed by atoms with Crippen LogP contribution in [0, 0.1) is 5.92 Å². The third-order valence-corrected chi connectivity index (χ3v) is 2.39. The van der Waals surface area contributed by atoms with E-state index in [0.29, 0.717) is 6.04 Å². The minimum Gasteiger partial charge on any atom is -0.475 e. The van der Waals surface area contributed by atoms with Crippen LogP contribution in [0.3, 0.4) is 0 Å². The van der Waals surface area contributed by atoms with Gasteiger partial charge in [-0.1, -0.05) is 6.08 Å². The Morgan fingerprint density at radius 3 is 3.50 bits per heavy atom. The summed E-state index contributed by atoms with van der Waals surface area (Å²) >= 11 is 0. The van der Waals surface area contributed by atoms with E-state index in [9.17, 15) is 0 Å². The fourth-order valence-electron chi connectivity index (χ4n) is 1.75.